The molecule has 100 valence electrons. The number of hydrogen-bond acceptors (Lipinski definition) is 4. The van der Waals surface area contributed by atoms with E-state index in [0.29, 0.717) is 5.69 Å². The van der Waals surface area contributed by atoms with Gasteiger partial charge in [0, 0.05) is 12.7 Å². The molecule has 0 unspecified atom stereocenters. The lowest BCUT2D eigenvalue weighted by atomic mass is 10.1. The SMILES string of the molecule is COc1ccc(CCNCc2ccccn2)cc1N. The van der Waals surface area contributed by atoms with Gasteiger partial charge in [-0.15, -0.1) is 0 Å². The van der Waals surface area contributed by atoms with Crippen LogP contribution in [0.4, 0.5) is 5.69 Å². The van der Waals surface area contributed by atoms with Crippen molar-refractivity contribution in [2.75, 3.05) is 19.4 Å². The van der Waals surface area contributed by atoms with Crippen LogP contribution in [0.3, 0.4) is 0 Å². The molecule has 0 bridgehead atoms. The summed E-state index contributed by atoms with van der Waals surface area (Å²) in [4.78, 5) is 4.26. The van der Waals surface area contributed by atoms with Gasteiger partial charge in [-0.05, 0) is 42.8 Å². The van der Waals surface area contributed by atoms with E-state index < -0.39 is 0 Å². The van der Waals surface area contributed by atoms with Crippen molar-refractivity contribution in [3.63, 3.8) is 0 Å². The smallest absolute Gasteiger partial charge is 0.141 e. The van der Waals surface area contributed by atoms with Crippen LogP contribution < -0.4 is 15.8 Å². The molecule has 0 aliphatic carbocycles. The van der Waals surface area contributed by atoms with E-state index in [1.807, 2.05) is 36.4 Å². The first-order valence-electron chi connectivity index (χ1n) is 6.32. The molecule has 4 heteroatoms. The van der Waals surface area contributed by atoms with Crippen molar-refractivity contribution in [2.24, 2.45) is 0 Å². The highest BCUT2D eigenvalue weighted by Crippen LogP contribution is 2.21. The summed E-state index contributed by atoms with van der Waals surface area (Å²) in [6.07, 6.45) is 2.74. The summed E-state index contributed by atoms with van der Waals surface area (Å²) in [6.45, 7) is 1.68. The molecule has 0 saturated carbocycles. The van der Waals surface area contributed by atoms with E-state index in [-0.39, 0.29) is 0 Å². The Kier molecular flexibility index (Phi) is 4.75. The van der Waals surface area contributed by atoms with Crippen LogP contribution in [0.2, 0.25) is 0 Å². The van der Waals surface area contributed by atoms with Gasteiger partial charge in [0.15, 0.2) is 0 Å². The van der Waals surface area contributed by atoms with Crippen LogP contribution in [-0.2, 0) is 13.0 Å². The van der Waals surface area contributed by atoms with E-state index in [9.17, 15) is 0 Å². The van der Waals surface area contributed by atoms with Crippen molar-refractivity contribution >= 4 is 5.69 Å². The molecule has 0 amide bonds. The predicted octanol–water partition coefficient (Wildman–Crippen LogP) is 2.00. The minimum atomic E-state index is 0.685. The first-order valence-corrected chi connectivity index (χ1v) is 6.32. The topological polar surface area (TPSA) is 60.2 Å². The van der Waals surface area contributed by atoms with E-state index in [4.69, 9.17) is 10.5 Å². The molecule has 2 rings (SSSR count). The Morgan fingerprint density at radius 2 is 2.16 bits per heavy atom. The van der Waals surface area contributed by atoms with Gasteiger partial charge >= 0.3 is 0 Å². The van der Waals surface area contributed by atoms with E-state index in [0.717, 1.165) is 31.0 Å². The maximum Gasteiger partial charge on any atom is 0.141 e. The zero-order valence-corrected chi connectivity index (χ0v) is 11.1. The zero-order valence-electron chi connectivity index (χ0n) is 11.1. The Bertz CT molecular complexity index is 514. The van der Waals surface area contributed by atoms with E-state index in [2.05, 4.69) is 10.3 Å². The molecule has 1 aromatic carbocycles. The number of nitrogens with zero attached hydrogens (tertiary/aromatic N) is 1. The van der Waals surface area contributed by atoms with Gasteiger partial charge in [-0.1, -0.05) is 12.1 Å². The number of aromatic nitrogens is 1. The molecular formula is C15H19N3O. The van der Waals surface area contributed by atoms with Gasteiger partial charge in [-0.3, -0.25) is 4.98 Å². The lowest BCUT2D eigenvalue weighted by Crippen LogP contribution is -2.17. The minimum Gasteiger partial charge on any atom is -0.495 e. The third-order valence-corrected chi connectivity index (χ3v) is 2.92. The molecule has 0 fully saturated rings. The molecule has 0 spiro atoms. The summed E-state index contributed by atoms with van der Waals surface area (Å²) >= 11 is 0. The molecule has 19 heavy (non-hydrogen) atoms. The standard InChI is InChI=1S/C15H19N3O/c1-19-15-6-5-12(10-14(15)16)7-9-17-11-13-4-2-3-8-18-13/h2-6,8,10,17H,7,9,11,16H2,1H3. The lowest BCUT2D eigenvalue weighted by Gasteiger charge is -2.08. The number of anilines is 1. The van der Waals surface area contributed by atoms with E-state index >= 15 is 0 Å². The van der Waals surface area contributed by atoms with Crippen LogP contribution in [0.25, 0.3) is 0 Å². The molecule has 2 aromatic rings. The number of rotatable bonds is 6. The molecule has 0 aliphatic heterocycles. The number of ether oxygens (including phenoxy) is 1. The molecule has 0 radical (unpaired) electrons. The third-order valence-electron chi connectivity index (χ3n) is 2.92. The summed E-state index contributed by atoms with van der Waals surface area (Å²) in [7, 11) is 1.62. The van der Waals surface area contributed by atoms with Gasteiger partial charge in [-0.2, -0.15) is 0 Å². The average molecular weight is 257 g/mol. The molecule has 0 aliphatic rings. The van der Waals surface area contributed by atoms with Gasteiger partial charge < -0.3 is 15.8 Å². The maximum absolute atomic E-state index is 5.87. The van der Waals surface area contributed by atoms with Gasteiger partial charge in [0.1, 0.15) is 5.75 Å². The number of methoxy groups -OCH3 is 1. The van der Waals surface area contributed by atoms with Crippen molar-refractivity contribution in [1.29, 1.82) is 0 Å². The molecular weight excluding hydrogens is 238 g/mol. The van der Waals surface area contributed by atoms with Crippen molar-refractivity contribution in [3.8, 4) is 5.75 Å². The Balaban J connectivity index is 1.78. The number of benzene rings is 1. The van der Waals surface area contributed by atoms with Crippen LogP contribution in [0, 0.1) is 0 Å². The summed E-state index contributed by atoms with van der Waals surface area (Å²) in [5.41, 5.74) is 8.81. The van der Waals surface area contributed by atoms with Crippen LogP contribution in [0.1, 0.15) is 11.3 Å². The quantitative estimate of drug-likeness (QED) is 0.614. The average Bonchev–Trinajstić information content (AvgIpc) is 2.45. The molecule has 1 heterocycles. The molecule has 1 aromatic heterocycles. The highest BCUT2D eigenvalue weighted by Gasteiger charge is 2.00. The van der Waals surface area contributed by atoms with Gasteiger partial charge in [0.05, 0.1) is 18.5 Å². The monoisotopic (exact) mass is 257 g/mol. The normalized spacial score (nSPS) is 10.4. The van der Waals surface area contributed by atoms with Crippen molar-refractivity contribution in [3.05, 3.63) is 53.9 Å². The van der Waals surface area contributed by atoms with Crippen molar-refractivity contribution in [2.45, 2.75) is 13.0 Å². The lowest BCUT2D eigenvalue weighted by molar-refractivity contribution is 0.417. The first kappa shape index (κ1) is 13.4. The Morgan fingerprint density at radius 3 is 2.84 bits per heavy atom. The van der Waals surface area contributed by atoms with Gasteiger partial charge in [-0.25, -0.2) is 0 Å². The molecule has 3 N–H and O–H groups in total. The molecule has 4 nitrogen and oxygen atoms in total. The zero-order chi connectivity index (χ0) is 13.5. The number of nitrogens with one attached hydrogen (secondary N) is 1. The Morgan fingerprint density at radius 1 is 1.26 bits per heavy atom. The summed E-state index contributed by atoms with van der Waals surface area (Å²) in [6, 6.07) is 11.8. The fourth-order valence-electron chi connectivity index (χ4n) is 1.89. The number of hydrogen-bond donors (Lipinski definition) is 2. The van der Waals surface area contributed by atoms with Gasteiger partial charge in [0.25, 0.3) is 0 Å². The fourth-order valence-corrected chi connectivity index (χ4v) is 1.89. The van der Waals surface area contributed by atoms with Crippen LogP contribution in [0.15, 0.2) is 42.6 Å². The second-order valence-electron chi connectivity index (χ2n) is 4.32. The minimum absolute atomic E-state index is 0.685. The molecule has 0 atom stereocenters. The number of pyridine rings is 1. The maximum atomic E-state index is 5.87. The molecule has 0 saturated heterocycles. The first-order chi connectivity index (χ1) is 9.29. The van der Waals surface area contributed by atoms with E-state index in [1.54, 1.807) is 13.3 Å². The highest BCUT2D eigenvalue weighted by atomic mass is 16.5. The number of nitrogen functional groups attached to an aromatic ring is 1. The largest absolute Gasteiger partial charge is 0.495 e. The Labute approximate surface area is 113 Å². The third kappa shape index (κ3) is 3.96. The second-order valence-corrected chi connectivity index (χ2v) is 4.32. The summed E-state index contributed by atoms with van der Waals surface area (Å²) < 4.78 is 5.13. The summed E-state index contributed by atoms with van der Waals surface area (Å²) in [5, 5.41) is 3.36. The van der Waals surface area contributed by atoms with Gasteiger partial charge in [0.2, 0.25) is 0 Å². The van der Waals surface area contributed by atoms with E-state index in [1.165, 1.54) is 5.56 Å². The second kappa shape index (κ2) is 6.75. The van der Waals surface area contributed by atoms with Crippen molar-refractivity contribution in [1.82, 2.24) is 10.3 Å². The summed E-state index contributed by atoms with van der Waals surface area (Å²) in [5.74, 6) is 0.727. The predicted molar refractivity (Wildman–Crippen MR) is 77.1 cm³/mol. The van der Waals surface area contributed by atoms with Crippen LogP contribution in [-0.4, -0.2) is 18.6 Å². The fraction of sp³-hybridized carbons (Fsp3) is 0.267. The van der Waals surface area contributed by atoms with Crippen LogP contribution in [0.5, 0.6) is 5.75 Å². The highest BCUT2D eigenvalue weighted by molar-refractivity contribution is 5.54. The van der Waals surface area contributed by atoms with Crippen molar-refractivity contribution < 1.29 is 4.74 Å². The number of nitrogens with two attached hydrogens (primary N) is 1. The Hall–Kier alpha value is -2.07. The van der Waals surface area contributed by atoms with Crippen LogP contribution >= 0.6 is 0 Å².